The topological polar surface area (TPSA) is 95.1 Å². The lowest BCUT2D eigenvalue weighted by atomic mass is 10.1. The van der Waals surface area contributed by atoms with Crippen LogP contribution in [0.25, 0.3) is 5.69 Å². The van der Waals surface area contributed by atoms with E-state index in [4.69, 9.17) is 22.1 Å². The molecule has 0 fully saturated rings. The lowest BCUT2D eigenvalue weighted by molar-refractivity contribution is -0.135. The van der Waals surface area contributed by atoms with E-state index in [0.29, 0.717) is 11.4 Å². The van der Waals surface area contributed by atoms with E-state index in [1.165, 1.54) is 9.58 Å². The van der Waals surface area contributed by atoms with Crippen LogP contribution in [-0.4, -0.2) is 51.3 Å². The van der Waals surface area contributed by atoms with Crippen LogP contribution in [0, 0.1) is 5.41 Å². The van der Waals surface area contributed by atoms with E-state index in [1.54, 1.807) is 37.6 Å². The lowest BCUT2D eigenvalue weighted by Crippen LogP contribution is -2.32. The number of hydrogen-bond acceptors (Lipinski definition) is 5. The number of hydrogen-bond donors (Lipinski definition) is 2. The summed E-state index contributed by atoms with van der Waals surface area (Å²) in [6.45, 7) is 2.02. The highest BCUT2D eigenvalue weighted by molar-refractivity contribution is 6.32. The molecule has 0 bridgehead atoms. The van der Waals surface area contributed by atoms with Crippen molar-refractivity contribution in [1.29, 1.82) is 5.41 Å². The van der Waals surface area contributed by atoms with E-state index in [2.05, 4.69) is 10.1 Å². The molecule has 0 aliphatic rings. The predicted octanol–water partition coefficient (Wildman–Crippen LogP) is 4.02. The van der Waals surface area contributed by atoms with Gasteiger partial charge in [0, 0.05) is 32.0 Å². The summed E-state index contributed by atoms with van der Waals surface area (Å²) in [6, 6.07) is 3.50. The molecule has 29 heavy (non-hydrogen) atoms. The number of nitrogens with zero attached hydrogens (tertiary/aromatic N) is 4. The number of anilines is 1. The summed E-state index contributed by atoms with van der Waals surface area (Å²) in [5, 5.41) is 19.0. The zero-order valence-electron chi connectivity index (χ0n) is 16.1. The van der Waals surface area contributed by atoms with Gasteiger partial charge in [-0.3, -0.25) is 9.78 Å². The molecule has 0 aliphatic heterocycles. The summed E-state index contributed by atoms with van der Waals surface area (Å²) in [5.41, 5.74) is 0.989. The average molecular weight is 434 g/mol. The summed E-state index contributed by atoms with van der Waals surface area (Å²) in [7, 11) is 1.00. The third-order valence-electron chi connectivity index (χ3n) is 3.77. The number of carbonyl (C=O) groups excluding carboxylic acids is 1. The van der Waals surface area contributed by atoms with Crippen molar-refractivity contribution in [2.75, 3.05) is 18.6 Å². The van der Waals surface area contributed by atoms with Gasteiger partial charge in [-0.25, -0.2) is 4.68 Å². The number of carbonyl (C=O) groups is 1. The molecule has 2 aromatic heterocycles. The van der Waals surface area contributed by atoms with E-state index in [9.17, 15) is 18.0 Å². The number of aliphatic hydroxyl groups excluding tert-OH is 1. The molecule has 2 N–H and O–H groups in total. The zero-order chi connectivity index (χ0) is 22.0. The highest BCUT2D eigenvalue weighted by Gasteiger charge is 2.27. The summed E-state index contributed by atoms with van der Waals surface area (Å²) in [5.74, 6) is -0.415. The molecule has 2 heterocycles. The average Bonchev–Trinajstić information content (AvgIpc) is 3.05. The van der Waals surface area contributed by atoms with Gasteiger partial charge in [-0.05, 0) is 31.9 Å². The molecule has 2 rings (SSSR count). The highest BCUT2D eigenvalue weighted by atomic mass is 35.5. The van der Waals surface area contributed by atoms with Crippen LogP contribution in [0.2, 0.25) is 5.15 Å². The Kier molecular flexibility index (Phi) is 9.76. The van der Waals surface area contributed by atoms with Crippen molar-refractivity contribution in [2.45, 2.75) is 38.8 Å². The summed E-state index contributed by atoms with van der Waals surface area (Å²) >= 11 is 6.16. The summed E-state index contributed by atoms with van der Waals surface area (Å²) in [6.07, 6.45) is -0.997. The van der Waals surface area contributed by atoms with Gasteiger partial charge in [-0.2, -0.15) is 18.3 Å². The van der Waals surface area contributed by atoms with Crippen molar-refractivity contribution in [3.63, 3.8) is 0 Å². The Bertz CT molecular complexity index is 797. The first-order chi connectivity index (χ1) is 13.7. The van der Waals surface area contributed by atoms with E-state index in [0.717, 1.165) is 7.11 Å². The number of aliphatic hydroxyl groups is 1. The molecule has 1 amide bonds. The lowest BCUT2D eigenvalue weighted by Gasteiger charge is -2.19. The number of rotatable bonds is 8. The van der Waals surface area contributed by atoms with Crippen molar-refractivity contribution in [1.82, 2.24) is 14.8 Å². The number of halogens is 4. The van der Waals surface area contributed by atoms with E-state index in [-0.39, 0.29) is 36.7 Å². The second kappa shape index (κ2) is 11.5. The molecule has 11 heteroatoms. The minimum absolute atomic E-state index is 0.0431. The minimum atomic E-state index is -4.26. The quantitative estimate of drug-likeness (QED) is 0.614. The molecule has 0 saturated carbocycles. The maximum absolute atomic E-state index is 12.5. The normalized spacial score (nSPS) is 10.9. The predicted molar refractivity (Wildman–Crippen MR) is 105 cm³/mol. The van der Waals surface area contributed by atoms with Gasteiger partial charge >= 0.3 is 6.18 Å². The monoisotopic (exact) mass is 433 g/mol. The first-order valence-electron chi connectivity index (χ1n) is 8.75. The van der Waals surface area contributed by atoms with Crippen molar-refractivity contribution in [2.24, 2.45) is 0 Å². The zero-order valence-corrected chi connectivity index (χ0v) is 16.8. The minimum Gasteiger partial charge on any atom is -0.400 e. The molecule has 0 radical (unpaired) electrons. The maximum Gasteiger partial charge on any atom is 0.389 e. The van der Waals surface area contributed by atoms with E-state index < -0.39 is 18.5 Å². The fraction of sp³-hybridized carbons (Fsp3) is 0.444. The van der Waals surface area contributed by atoms with Crippen LogP contribution in [0.1, 0.15) is 32.6 Å². The van der Waals surface area contributed by atoms with Gasteiger partial charge in [0.25, 0.3) is 0 Å². The molecule has 7 nitrogen and oxygen atoms in total. The maximum atomic E-state index is 12.5. The van der Waals surface area contributed by atoms with Gasteiger partial charge in [0.1, 0.15) is 5.69 Å². The number of alkyl halides is 3. The Balaban J connectivity index is 0.00000204. The first kappa shape index (κ1) is 24.6. The molecule has 0 spiro atoms. The van der Waals surface area contributed by atoms with Crippen LogP contribution in [0.5, 0.6) is 0 Å². The van der Waals surface area contributed by atoms with Crippen LogP contribution >= 0.6 is 11.6 Å². The Hall–Kier alpha value is -2.46. The van der Waals surface area contributed by atoms with Gasteiger partial charge in [-0.15, -0.1) is 0 Å². The Morgan fingerprint density at radius 2 is 2.07 bits per heavy atom. The smallest absolute Gasteiger partial charge is 0.389 e. The summed E-state index contributed by atoms with van der Waals surface area (Å²) in [4.78, 5) is 17.9. The fourth-order valence-corrected chi connectivity index (χ4v) is 2.73. The van der Waals surface area contributed by atoms with Gasteiger partial charge in [0.15, 0.2) is 5.15 Å². The Labute approximate surface area is 171 Å². The Morgan fingerprint density at radius 1 is 1.38 bits per heavy atom. The molecule has 0 saturated heterocycles. The van der Waals surface area contributed by atoms with Gasteiger partial charge in [0.2, 0.25) is 5.91 Å². The largest absolute Gasteiger partial charge is 0.400 e. The van der Waals surface area contributed by atoms with Crippen LogP contribution in [-0.2, 0) is 4.79 Å². The number of amides is 1. The van der Waals surface area contributed by atoms with Crippen LogP contribution in [0.15, 0.2) is 30.7 Å². The van der Waals surface area contributed by atoms with Crippen molar-refractivity contribution < 1.29 is 23.1 Å². The molecule has 160 valence electrons. The van der Waals surface area contributed by atoms with Crippen molar-refractivity contribution in [3.8, 4) is 5.69 Å². The third kappa shape index (κ3) is 7.82. The van der Waals surface area contributed by atoms with E-state index in [1.807, 2.05) is 0 Å². The highest BCUT2D eigenvalue weighted by Crippen LogP contribution is 2.27. The van der Waals surface area contributed by atoms with Crippen LogP contribution < -0.4 is 4.90 Å². The van der Waals surface area contributed by atoms with Crippen LogP contribution in [0.4, 0.5) is 18.9 Å². The van der Waals surface area contributed by atoms with Crippen molar-refractivity contribution in [3.05, 3.63) is 35.9 Å². The molecule has 0 aliphatic carbocycles. The SMILES string of the molecule is CCN(C(=O)CC(=N)CCCC(F)(F)F)c1cn(-c2cccnc2)nc1Cl.CO. The van der Waals surface area contributed by atoms with Gasteiger partial charge < -0.3 is 15.4 Å². The summed E-state index contributed by atoms with van der Waals surface area (Å²) < 4.78 is 38.0. The molecule has 0 aromatic carbocycles. The van der Waals surface area contributed by atoms with Gasteiger partial charge in [-0.1, -0.05) is 11.6 Å². The second-order valence-electron chi connectivity index (χ2n) is 5.85. The van der Waals surface area contributed by atoms with Gasteiger partial charge in [0.05, 0.1) is 24.5 Å². The Morgan fingerprint density at radius 3 is 2.62 bits per heavy atom. The fourth-order valence-electron chi connectivity index (χ4n) is 2.50. The first-order valence-corrected chi connectivity index (χ1v) is 9.12. The number of nitrogens with one attached hydrogen (secondary N) is 1. The molecule has 0 unspecified atom stereocenters. The van der Waals surface area contributed by atoms with Crippen molar-refractivity contribution >= 4 is 28.9 Å². The third-order valence-corrected chi connectivity index (χ3v) is 4.04. The molecular weight excluding hydrogens is 411 g/mol. The standard InChI is InChI=1S/C17H19ClF3N5O.CH4O/c1-2-25(15(27)9-12(22)5-3-7-17(19,20)21)14-11-26(24-16(14)18)13-6-4-8-23-10-13;1-2/h4,6,8,10-11,22H,2-3,5,7,9H2,1H3;2H,1H3. The second-order valence-corrected chi connectivity index (χ2v) is 6.21. The molecule has 0 atom stereocenters. The number of pyridine rings is 1. The molecule has 2 aromatic rings. The van der Waals surface area contributed by atoms with Crippen LogP contribution in [0.3, 0.4) is 0 Å². The number of aromatic nitrogens is 3. The molecular formula is C18H23ClF3N5O2. The van der Waals surface area contributed by atoms with E-state index >= 15 is 0 Å².